The molecular formula is C26H26N4O4. The minimum Gasteiger partial charge on any atom is -0.497 e. The average Bonchev–Trinajstić information content (AvgIpc) is 3.09. The minimum absolute atomic E-state index is 0.106. The first-order chi connectivity index (χ1) is 16.4. The van der Waals surface area contributed by atoms with Crippen molar-refractivity contribution < 1.29 is 19.1 Å². The first kappa shape index (κ1) is 23.0. The van der Waals surface area contributed by atoms with Crippen LogP contribution in [0.4, 0.5) is 4.79 Å². The van der Waals surface area contributed by atoms with Crippen molar-refractivity contribution in [3.05, 3.63) is 102 Å². The molecule has 1 atom stereocenters. The fourth-order valence-corrected chi connectivity index (χ4v) is 3.94. The van der Waals surface area contributed by atoms with E-state index in [-0.39, 0.29) is 12.6 Å². The summed E-state index contributed by atoms with van der Waals surface area (Å²) in [5, 5.41) is 6.62. The SMILES string of the molecule is COc1ccc(C2(C)NC(=O)N(NC(=O)CNC(c3ccccc3)c3ccccc3)C2=O)cc1. The van der Waals surface area contributed by atoms with Gasteiger partial charge in [-0.25, -0.2) is 4.79 Å². The van der Waals surface area contributed by atoms with E-state index in [9.17, 15) is 14.4 Å². The third-order valence-electron chi connectivity index (χ3n) is 5.83. The summed E-state index contributed by atoms with van der Waals surface area (Å²) in [6.45, 7) is 1.49. The molecule has 1 unspecified atom stereocenters. The van der Waals surface area contributed by atoms with Gasteiger partial charge in [-0.2, -0.15) is 5.01 Å². The van der Waals surface area contributed by atoms with Crippen LogP contribution < -0.4 is 20.8 Å². The Labute approximate surface area is 197 Å². The number of nitrogens with zero attached hydrogens (tertiary/aromatic N) is 1. The van der Waals surface area contributed by atoms with Crippen molar-refractivity contribution in [1.82, 2.24) is 21.1 Å². The van der Waals surface area contributed by atoms with Gasteiger partial charge in [0.15, 0.2) is 0 Å². The normalized spacial score (nSPS) is 17.6. The van der Waals surface area contributed by atoms with Crippen molar-refractivity contribution in [3.63, 3.8) is 0 Å². The molecule has 1 saturated heterocycles. The quantitative estimate of drug-likeness (QED) is 0.451. The highest BCUT2D eigenvalue weighted by molar-refractivity contribution is 6.08. The van der Waals surface area contributed by atoms with E-state index in [1.54, 1.807) is 38.3 Å². The lowest BCUT2D eigenvalue weighted by Crippen LogP contribution is -2.50. The molecule has 0 radical (unpaired) electrons. The summed E-state index contributed by atoms with van der Waals surface area (Å²) in [6, 6.07) is 25.4. The highest BCUT2D eigenvalue weighted by atomic mass is 16.5. The molecule has 1 aliphatic heterocycles. The average molecular weight is 459 g/mol. The van der Waals surface area contributed by atoms with Crippen LogP contribution >= 0.6 is 0 Å². The van der Waals surface area contributed by atoms with Crippen LogP contribution in [0.5, 0.6) is 5.75 Å². The van der Waals surface area contributed by atoms with Crippen LogP contribution in [-0.2, 0) is 15.1 Å². The number of carbonyl (C=O) groups is 3. The second kappa shape index (κ2) is 9.76. The number of hydrazine groups is 1. The van der Waals surface area contributed by atoms with E-state index in [0.29, 0.717) is 11.3 Å². The summed E-state index contributed by atoms with van der Waals surface area (Å²) in [6.07, 6.45) is 0. The van der Waals surface area contributed by atoms with E-state index >= 15 is 0 Å². The Morgan fingerprint density at radius 3 is 2.03 bits per heavy atom. The van der Waals surface area contributed by atoms with E-state index in [1.807, 2.05) is 60.7 Å². The molecule has 0 saturated carbocycles. The number of urea groups is 1. The van der Waals surface area contributed by atoms with Crippen molar-refractivity contribution in [2.45, 2.75) is 18.5 Å². The zero-order chi connectivity index (χ0) is 24.1. The number of ether oxygens (including phenoxy) is 1. The highest BCUT2D eigenvalue weighted by Crippen LogP contribution is 2.29. The molecule has 0 aliphatic carbocycles. The summed E-state index contributed by atoms with van der Waals surface area (Å²) in [5.74, 6) is -0.454. The smallest absolute Gasteiger partial charge is 0.344 e. The second-order valence-electron chi connectivity index (χ2n) is 8.09. The Bertz CT molecular complexity index is 1130. The lowest BCUT2D eigenvalue weighted by molar-refractivity contribution is -0.138. The van der Waals surface area contributed by atoms with Crippen LogP contribution in [0.1, 0.15) is 29.7 Å². The number of methoxy groups -OCH3 is 1. The Morgan fingerprint density at radius 1 is 0.941 bits per heavy atom. The first-order valence-electron chi connectivity index (χ1n) is 10.9. The molecule has 4 rings (SSSR count). The maximum absolute atomic E-state index is 13.1. The van der Waals surface area contributed by atoms with Crippen molar-refractivity contribution in [2.24, 2.45) is 0 Å². The summed E-state index contributed by atoms with van der Waals surface area (Å²) >= 11 is 0. The molecule has 34 heavy (non-hydrogen) atoms. The Kier molecular flexibility index (Phi) is 6.60. The largest absolute Gasteiger partial charge is 0.497 e. The van der Waals surface area contributed by atoms with E-state index in [4.69, 9.17) is 4.74 Å². The maximum Gasteiger partial charge on any atom is 0.344 e. The molecule has 0 bridgehead atoms. The van der Waals surface area contributed by atoms with Crippen LogP contribution in [0.15, 0.2) is 84.9 Å². The van der Waals surface area contributed by atoms with Crippen molar-refractivity contribution in [1.29, 1.82) is 0 Å². The monoisotopic (exact) mass is 458 g/mol. The van der Waals surface area contributed by atoms with Gasteiger partial charge in [-0.05, 0) is 35.7 Å². The summed E-state index contributed by atoms with van der Waals surface area (Å²) < 4.78 is 5.15. The molecule has 3 aromatic carbocycles. The fraction of sp³-hybridized carbons (Fsp3) is 0.192. The van der Waals surface area contributed by atoms with Gasteiger partial charge in [0.2, 0.25) is 0 Å². The Hall–Kier alpha value is -4.17. The summed E-state index contributed by atoms with van der Waals surface area (Å²) in [4.78, 5) is 38.4. The van der Waals surface area contributed by atoms with Gasteiger partial charge in [0, 0.05) is 0 Å². The van der Waals surface area contributed by atoms with Gasteiger partial charge >= 0.3 is 6.03 Å². The minimum atomic E-state index is -1.30. The molecule has 8 nitrogen and oxygen atoms in total. The number of nitrogens with one attached hydrogen (secondary N) is 3. The highest BCUT2D eigenvalue weighted by Gasteiger charge is 2.50. The van der Waals surface area contributed by atoms with E-state index in [1.165, 1.54) is 0 Å². The molecule has 3 N–H and O–H groups in total. The van der Waals surface area contributed by atoms with Gasteiger partial charge in [-0.1, -0.05) is 72.8 Å². The molecule has 3 aromatic rings. The van der Waals surface area contributed by atoms with Crippen molar-refractivity contribution in [2.75, 3.05) is 13.7 Å². The zero-order valence-electron chi connectivity index (χ0n) is 18.9. The molecule has 1 fully saturated rings. The van der Waals surface area contributed by atoms with Gasteiger partial charge in [0.05, 0.1) is 19.7 Å². The molecule has 0 spiro atoms. The number of imide groups is 1. The number of rotatable bonds is 8. The number of amides is 4. The lowest BCUT2D eigenvalue weighted by Gasteiger charge is -2.23. The molecular weight excluding hydrogens is 432 g/mol. The third kappa shape index (κ3) is 4.62. The van der Waals surface area contributed by atoms with E-state index in [2.05, 4.69) is 16.1 Å². The van der Waals surface area contributed by atoms with Crippen LogP contribution in [0.3, 0.4) is 0 Å². The standard InChI is InChI=1S/C26H26N4O4/c1-26(20-13-15-21(34-2)16-14-20)24(32)30(25(33)28-26)29-22(31)17-27-23(18-9-5-3-6-10-18)19-11-7-4-8-12-19/h3-16,23,27H,17H2,1-2H3,(H,28,33)(H,29,31). The second-order valence-corrected chi connectivity index (χ2v) is 8.09. The molecule has 4 amide bonds. The summed E-state index contributed by atoms with van der Waals surface area (Å²) in [5.41, 5.74) is 3.68. The van der Waals surface area contributed by atoms with Crippen LogP contribution in [0.2, 0.25) is 0 Å². The van der Waals surface area contributed by atoms with Crippen LogP contribution in [-0.4, -0.2) is 36.5 Å². The first-order valence-corrected chi connectivity index (χ1v) is 10.9. The lowest BCUT2D eigenvalue weighted by atomic mass is 9.92. The van der Waals surface area contributed by atoms with Crippen LogP contribution in [0.25, 0.3) is 0 Å². The molecule has 0 aromatic heterocycles. The predicted molar refractivity (Wildman–Crippen MR) is 127 cm³/mol. The van der Waals surface area contributed by atoms with Gasteiger partial charge in [0.25, 0.3) is 11.8 Å². The maximum atomic E-state index is 13.1. The van der Waals surface area contributed by atoms with E-state index < -0.39 is 23.4 Å². The predicted octanol–water partition coefficient (Wildman–Crippen LogP) is 2.87. The zero-order valence-corrected chi connectivity index (χ0v) is 18.9. The van der Waals surface area contributed by atoms with Gasteiger partial charge in [-0.3, -0.25) is 20.3 Å². The van der Waals surface area contributed by atoms with Crippen LogP contribution in [0, 0.1) is 0 Å². The topological polar surface area (TPSA) is 99.8 Å². The Morgan fingerprint density at radius 2 is 1.50 bits per heavy atom. The van der Waals surface area contributed by atoms with Crippen molar-refractivity contribution >= 4 is 17.8 Å². The summed E-state index contributed by atoms with van der Waals surface area (Å²) in [7, 11) is 1.55. The molecule has 174 valence electrons. The number of benzene rings is 3. The number of hydrogen-bond acceptors (Lipinski definition) is 5. The van der Waals surface area contributed by atoms with Gasteiger partial charge in [0.1, 0.15) is 11.3 Å². The third-order valence-corrected chi connectivity index (χ3v) is 5.83. The molecule has 1 heterocycles. The van der Waals surface area contributed by atoms with Crippen molar-refractivity contribution in [3.8, 4) is 5.75 Å². The Balaban J connectivity index is 1.44. The van der Waals surface area contributed by atoms with Gasteiger partial charge < -0.3 is 10.1 Å². The van der Waals surface area contributed by atoms with Gasteiger partial charge in [-0.15, -0.1) is 0 Å². The van der Waals surface area contributed by atoms with E-state index in [0.717, 1.165) is 16.1 Å². The molecule has 1 aliphatic rings. The number of hydrogen-bond donors (Lipinski definition) is 3. The molecule has 8 heteroatoms. The fourth-order valence-electron chi connectivity index (χ4n) is 3.94. The number of carbonyl (C=O) groups excluding carboxylic acids is 3.